The van der Waals surface area contributed by atoms with Crippen LogP contribution in [-0.4, -0.2) is 20.7 Å². The van der Waals surface area contributed by atoms with Crippen LogP contribution in [0.2, 0.25) is 0 Å². The number of carbonyl (C=O) groups is 1. The van der Waals surface area contributed by atoms with Crippen LogP contribution in [0, 0.1) is 17.0 Å². The summed E-state index contributed by atoms with van der Waals surface area (Å²) < 4.78 is 1.41. The number of aryl methyl sites for hydroxylation is 1. The number of hydrogen-bond donors (Lipinski definition) is 1. The highest BCUT2D eigenvalue weighted by molar-refractivity contribution is 9.11. The van der Waals surface area contributed by atoms with Gasteiger partial charge in [-0.3, -0.25) is 4.79 Å². The van der Waals surface area contributed by atoms with Gasteiger partial charge in [-0.1, -0.05) is 31.9 Å². The van der Waals surface area contributed by atoms with Gasteiger partial charge in [0, 0.05) is 21.4 Å². The maximum atomic E-state index is 12.3. The summed E-state index contributed by atoms with van der Waals surface area (Å²) in [5.74, 6) is -0.125. The lowest BCUT2D eigenvalue weighted by atomic mass is 10.1. The Morgan fingerprint density at radius 2 is 2.15 bits per heavy atom. The number of carbonyl (C=O) groups excluding carboxylic acids is 1. The van der Waals surface area contributed by atoms with Gasteiger partial charge in [0.15, 0.2) is 5.78 Å². The molecule has 104 valence electrons. The topological polar surface area (TPSA) is 88.9 Å². The van der Waals surface area contributed by atoms with Gasteiger partial charge in [0.1, 0.15) is 5.69 Å². The number of nitro groups is 1. The second-order valence-corrected chi connectivity index (χ2v) is 5.88. The van der Waals surface area contributed by atoms with Gasteiger partial charge in [-0.2, -0.15) is 0 Å². The molecule has 2 rings (SSSR count). The number of ketones is 1. The van der Waals surface area contributed by atoms with Gasteiger partial charge in [0.2, 0.25) is 5.82 Å². The third-order valence-electron chi connectivity index (χ3n) is 2.61. The van der Waals surface area contributed by atoms with Crippen molar-refractivity contribution >= 4 is 43.5 Å². The highest BCUT2D eigenvalue weighted by Gasteiger charge is 2.23. The van der Waals surface area contributed by atoms with Crippen molar-refractivity contribution in [3.8, 4) is 0 Å². The molecule has 0 radical (unpaired) electrons. The first-order valence-corrected chi connectivity index (χ1v) is 7.15. The first kappa shape index (κ1) is 14.9. The molecule has 0 saturated heterocycles. The summed E-state index contributed by atoms with van der Waals surface area (Å²) in [6, 6.07) is 5.20. The minimum Gasteiger partial charge on any atom is -0.358 e. The molecule has 20 heavy (non-hydrogen) atoms. The fourth-order valence-electron chi connectivity index (χ4n) is 1.77. The molecule has 1 heterocycles. The van der Waals surface area contributed by atoms with Crippen molar-refractivity contribution in [2.45, 2.75) is 13.3 Å². The van der Waals surface area contributed by atoms with E-state index < -0.39 is 4.92 Å². The number of hydrogen-bond acceptors (Lipinski definition) is 4. The van der Waals surface area contributed by atoms with Gasteiger partial charge in [-0.15, -0.1) is 0 Å². The van der Waals surface area contributed by atoms with Gasteiger partial charge in [0.05, 0.1) is 6.42 Å². The molecule has 1 N–H and O–H groups in total. The largest absolute Gasteiger partial charge is 0.385 e. The Hall–Kier alpha value is -1.54. The van der Waals surface area contributed by atoms with E-state index >= 15 is 0 Å². The molecule has 0 aliphatic heterocycles. The van der Waals surface area contributed by atoms with Crippen molar-refractivity contribution < 1.29 is 9.72 Å². The highest BCUT2D eigenvalue weighted by atomic mass is 79.9. The molecule has 1 aromatic carbocycles. The number of halogens is 2. The number of benzene rings is 1. The Labute approximate surface area is 131 Å². The zero-order valence-corrected chi connectivity index (χ0v) is 13.5. The van der Waals surface area contributed by atoms with E-state index in [1.165, 1.54) is 0 Å². The molecule has 0 amide bonds. The number of rotatable bonds is 4. The van der Waals surface area contributed by atoms with E-state index in [1.807, 2.05) is 0 Å². The third-order valence-corrected chi connectivity index (χ3v) is 3.80. The van der Waals surface area contributed by atoms with Crippen LogP contribution < -0.4 is 0 Å². The van der Waals surface area contributed by atoms with E-state index in [1.54, 1.807) is 25.1 Å². The number of aromatic amines is 1. The number of aromatic nitrogens is 2. The Balaban J connectivity index is 2.32. The first-order valence-electron chi connectivity index (χ1n) is 5.56. The molecule has 0 atom stereocenters. The number of nitrogens with one attached hydrogen (secondary N) is 1. The summed E-state index contributed by atoms with van der Waals surface area (Å²) >= 11 is 6.59. The zero-order chi connectivity index (χ0) is 14.9. The monoisotopic (exact) mass is 401 g/mol. The Kier molecular flexibility index (Phi) is 4.34. The molecule has 0 aliphatic rings. The summed E-state index contributed by atoms with van der Waals surface area (Å²) in [5.41, 5.74) is 0.672. The number of H-pyrrole nitrogens is 1. The SMILES string of the molecule is Cc1nc([N+](=O)[O-])c(CC(=O)c2cc(Br)ccc2Br)[nH]1. The van der Waals surface area contributed by atoms with Gasteiger partial charge >= 0.3 is 5.82 Å². The maximum absolute atomic E-state index is 12.3. The van der Waals surface area contributed by atoms with Gasteiger partial charge in [0.25, 0.3) is 0 Å². The zero-order valence-electron chi connectivity index (χ0n) is 10.3. The van der Waals surface area contributed by atoms with E-state index in [2.05, 4.69) is 41.8 Å². The number of Topliss-reactive ketones (excluding diaryl/α,β-unsaturated/α-hetero) is 1. The van der Waals surface area contributed by atoms with Crippen LogP contribution in [-0.2, 0) is 6.42 Å². The molecule has 1 aromatic heterocycles. The summed E-state index contributed by atoms with van der Waals surface area (Å²) in [5, 5.41) is 10.9. The van der Waals surface area contributed by atoms with Crippen LogP contribution in [0.25, 0.3) is 0 Å². The first-order chi connectivity index (χ1) is 9.38. The minimum atomic E-state index is -0.595. The van der Waals surface area contributed by atoms with Crippen molar-refractivity contribution in [2.75, 3.05) is 0 Å². The lowest BCUT2D eigenvalue weighted by Crippen LogP contribution is -2.07. The fraction of sp³-hybridized carbons (Fsp3) is 0.167. The van der Waals surface area contributed by atoms with E-state index in [-0.39, 0.29) is 23.7 Å². The molecule has 2 aromatic rings. The van der Waals surface area contributed by atoms with Crippen molar-refractivity contribution in [3.05, 3.63) is 54.3 Å². The molecular weight excluding hydrogens is 394 g/mol. The predicted octanol–water partition coefficient (Wildman–Crippen LogP) is 3.58. The Morgan fingerprint density at radius 1 is 1.45 bits per heavy atom. The van der Waals surface area contributed by atoms with Crippen molar-refractivity contribution in [3.63, 3.8) is 0 Å². The summed E-state index contributed by atoms with van der Waals surface area (Å²) in [6.45, 7) is 1.61. The van der Waals surface area contributed by atoms with Crippen LogP contribution in [0.5, 0.6) is 0 Å². The van der Waals surface area contributed by atoms with Crippen LogP contribution in [0.1, 0.15) is 21.9 Å². The Morgan fingerprint density at radius 3 is 2.80 bits per heavy atom. The van der Waals surface area contributed by atoms with E-state index in [4.69, 9.17) is 0 Å². The average molecular weight is 403 g/mol. The maximum Gasteiger partial charge on any atom is 0.385 e. The van der Waals surface area contributed by atoms with Crippen LogP contribution >= 0.6 is 31.9 Å². The van der Waals surface area contributed by atoms with Crippen molar-refractivity contribution in [2.24, 2.45) is 0 Å². The number of nitrogens with zero attached hydrogens (tertiary/aromatic N) is 2. The second-order valence-electron chi connectivity index (χ2n) is 4.11. The van der Waals surface area contributed by atoms with Gasteiger partial charge in [-0.25, -0.2) is 0 Å². The van der Waals surface area contributed by atoms with E-state index in [0.29, 0.717) is 15.9 Å². The minimum absolute atomic E-state index is 0.105. The molecule has 0 bridgehead atoms. The molecule has 0 saturated carbocycles. The summed E-state index contributed by atoms with van der Waals surface area (Å²) in [4.78, 5) is 29.1. The normalized spacial score (nSPS) is 10.6. The standard InChI is InChI=1S/C12H9Br2N3O3/c1-6-15-10(12(16-6)17(19)20)5-11(18)8-4-7(13)2-3-9(8)14/h2-4H,5H2,1H3,(H,15,16). The molecule has 0 fully saturated rings. The quantitative estimate of drug-likeness (QED) is 0.480. The van der Waals surface area contributed by atoms with Crippen molar-refractivity contribution in [1.82, 2.24) is 9.97 Å². The summed E-state index contributed by atoms with van der Waals surface area (Å²) in [6.07, 6.45) is -0.105. The van der Waals surface area contributed by atoms with Crippen molar-refractivity contribution in [1.29, 1.82) is 0 Å². The lowest BCUT2D eigenvalue weighted by molar-refractivity contribution is -0.390. The van der Waals surface area contributed by atoms with Crippen LogP contribution in [0.15, 0.2) is 27.1 Å². The summed E-state index contributed by atoms with van der Waals surface area (Å²) in [7, 11) is 0. The number of imidazole rings is 1. The predicted molar refractivity (Wildman–Crippen MR) is 79.9 cm³/mol. The molecule has 6 nitrogen and oxygen atoms in total. The van der Waals surface area contributed by atoms with E-state index in [9.17, 15) is 14.9 Å². The molecular formula is C12H9Br2N3O3. The van der Waals surface area contributed by atoms with Gasteiger partial charge < -0.3 is 15.1 Å². The highest BCUT2D eigenvalue weighted by Crippen LogP contribution is 2.24. The average Bonchev–Trinajstić information content (AvgIpc) is 2.73. The lowest BCUT2D eigenvalue weighted by Gasteiger charge is -2.03. The molecule has 8 heteroatoms. The van der Waals surface area contributed by atoms with Crippen LogP contribution in [0.4, 0.5) is 5.82 Å². The second kappa shape index (κ2) is 5.84. The fourth-order valence-corrected chi connectivity index (χ4v) is 2.60. The molecule has 0 unspecified atom stereocenters. The Bertz CT molecular complexity index is 697. The van der Waals surface area contributed by atoms with Crippen LogP contribution in [0.3, 0.4) is 0 Å². The molecule has 0 aliphatic carbocycles. The smallest absolute Gasteiger partial charge is 0.358 e. The third kappa shape index (κ3) is 3.13. The van der Waals surface area contributed by atoms with E-state index in [0.717, 1.165) is 4.47 Å². The van der Waals surface area contributed by atoms with Gasteiger partial charge in [-0.05, 0) is 28.1 Å². The molecule has 0 spiro atoms.